The summed E-state index contributed by atoms with van der Waals surface area (Å²) in [6.07, 6.45) is 1.73. The van der Waals surface area contributed by atoms with E-state index in [0.717, 1.165) is 16.9 Å². The smallest absolute Gasteiger partial charge is 0.191 e. The largest absolute Gasteiger partial charge is 0.294 e. The van der Waals surface area contributed by atoms with Crippen molar-refractivity contribution in [2.45, 2.75) is 26.2 Å². The summed E-state index contributed by atoms with van der Waals surface area (Å²) in [6.45, 7) is 6.59. The van der Waals surface area contributed by atoms with E-state index in [1.807, 2.05) is 36.4 Å². The lowest BCUT2D eigenvalue weighted by molar-refractivity contribution is 0.590. The molecule has 2 aromatic heterocycles. The second-order valence-corrected chi connectivity index (χ2v) is 7.77. The predicted molar refractivity (Wildman–Crippen MR) is 111 cm³/mol. The lowest BCUT2D eigenvalue weighted by Crippen LogP contribution is -2.13. The molecule has 0 aliphatic heterocycles. The molecule has 0 atom stereocenters. The van der Waals surface area contributed by atoms with E-state index in [-0.39, 0.29) is 10.8 Å². The van der Waals surface area contributed by atoms with E-state index in [9.17, 15) is 4.79 Å². The van der Waals surface area contributed by atoms with E-state index in [4.69, 9.17) is 0 Å². The molecule has 2 heterocycles. The van der Waals surface area contributed by atoms with Gasteiger partial charge in [0.15, 0.2) is 5.43 Å². The van der Waals surface area contributed by atoms with Crippen LogP contribution in [0, 0.1) is 0 Å². The fraction of sp³-hybridized carbons (Fsp3) is 0.167. The summed E-state index contributed by atoms with van der Waals surface area (Å²) in [5.41, 5.74) is 4.83. The third kappa shape index (κ3) is 3.17. The van der Waals surface area contributed by atoms with Gasteiger partial charge in [0.25, 0.3) is 0 Å². The molecule has 2 aromatic carbocycles. The third-order valence-electron chi connectivity index (χ3n) is 4.83. The second-order valence-electron chi connectivity index (χ2n) is 7.77. The number of rotatable bonds is 2. The van der Waals surface area contributed by atoms with Crippen LogP contribution in [-0.2, 0) is 5.41 Å². The van der Waals surface area contributed by atoms with E-state index >= 15 is 0 Å². The zero-order valence-corrected chi connectivity index (χ0v) is 15.8. The van der Waals surface area contributed by atoms with Gasteiger partial charge in [-0.3, -0.25) is 9.36 Å². The number of benzene rings is 2. The zero-order valence-electron chi connectivity index (χ0n) is 15.8. The van der Waals surface area contributed by atoms with Crippen molar-refractivity contribution < 1.29 is 0 Å². The predicted octanol–water partition coefficient (Wildman–Crippen LogP) is 5.35. The van der Waals surface area contributed by atoms with Crippen LogP contribution >= 0.6 is 0 Å². The minimum absolute atomic E-state index is 0.0137. The molecule has 0 spiro atoms. The van der Waals surface area contributed by atoms with Gasteiger partial charge in [0, 0.05) is 18.0 Å². The fourth-order valence-corrected chi connectivity index (χ4v) is 3.34. The van der Waals surface area contributed by atoms with Crippen LogP contribution in [0.1, 0.15) is 26.3 Å². The van der Waals surface area contributed by atoms with Gasteiger partial charge in [0.1, 0.15) is 5.65 Å². The number of aromatic nitrogens is 2. The lowest BCUT2D eigenvalue weighted by atomic mass is 9.86. The maximum Gasteiger partial charge on any atom is 0.191 e. The van der Waals surface area contributed by atoms with E-state index in [0.29, 0.717) is 11.0 Å². The number of hydrogen-bond acceptors (Lipinski definition) is 2. The molecule has 4 aromatic rings. The Hall–Kier alpha value is -3.20. The van der Waals surface area contributed by atoms with Crippen LogP contribution in [0.5, 0.6) is 0 Å². The quantitative estimate of drug-likeness (QED) is 0.486. The molecule has 0 saturated carbocycles. The number of pyridine rings is 2. The highest BCUT2D eigenvalue weighted by Gasteiger charge is 2.16. The van der Waals surface area contributed by atoms with Crippen molar-refractivity contribution in [1.82, 2.24) is 9.55 Å². The molecule has 0 unspecified atom stereocenters. The van der Waals surface area contributed by atoms with E-state index in [2.05, 4.69) is 54.6 Å². The van der Waals surface area contributed by atoms with Gasteiger partial charge < -0.3 is 0 Å². The standard InChI is InChI=1S/C24H22N2O/c1-24(2,3)18-13-11-17(12-14-18)21-16-22(27)20-10-7-15-25-23(20)26(21)19-8-5-4-6-9-19/h4-16H,1-3H3. The van der Waals surface area contributed by atoms with Crippen LogP contribution in [-0.4, -0.2) is 9.55 Å². The molecule has 0 radical (unpaired) electrons. The van der Waals surface area contributed by atoms with Crippen LogP contribution in [0.15, 0.2) is 83.8 Å². The van der Waals surface area contributed by atoms with Gasteiger partial charge >= 0.3 is 0 Å². The van der Waals surface area contributed by atoms with Gasteiger partial charge in [-0.15, -0.1) is 0 Å². The Labute approximate surface area is 158 Å². The summed E-state index contributed by atoms with van der Waals surface area (Å²) in [7, 11) is 0. The summed E-state index contributed by atoms with van der Waals surface area (Å²) in [5, 5.41) is 0.622. The van der Waals surface area contributed by atoms with Gasteiger partial charge in [0.05, 0.1) is 11.1 Å². The molecule has 0 bridgehead atoms. The van der Waals surface area contributed by atoms with Crippen molar-refractivity contribution in [2.24, 2.45) is 0 Å². The molecule has 0 saturated heterocycles. The van der Waals surface area contributed by atoms with Gasteiger partial charge in [-0.25, -0.2) is 4.98 Å². The van der Waals surface area contributed by atoms with Crippen molar-refractivity contribution in [2.75, 3.05) is 0 Å². The number of nitrogens with zero attached hydrogens (tertiary/aromatic N) is 2. The summed E-state index contributed by atoms with van der Waals surface area (Å²) in [4.78, 5) is 17.3. The highest BCUT2D eigenvalue weighted by atomic mass is 16.1. The summed E-state index contributed by atoms with van der Waals surface area (Å²) in [6, 6.07) is 23.8. The van der Waals surface area contributed by atoms with Gasteiger partial charge in [-0.2, -0.15) is 0 Å². The molecule has 4 rings (SSSR count). The Kier molecular flexibility index (Phi) is 4.15. The van der Waals surface area contributed by atoms with Crippen molar-refractivity contribution in [3.05, 3.63) is 94.8 Å². The molecule has 0 N–H and O–H groups in total. The zero-order chi connectivity index (χ0) is 19.0. The number of hydrogen-bond donors (Lipinski definition) is 0. The average molecular weight is 354 g/mol. The molecule has 0 amide bonds. The third-order valence-corrected chi connectivity index (χ3v) is 4.83. The first kappa shape index (κ1) is 17.2. The average Bonchev–Trinajstić information content (AvgIpc) is 2.68. The van der Waals surface area contributed by atoms with Crippen LogP contribution in [0.25, 0.3) is 28.0 Å². The van der Waals surface area contributed by atoms with Crippen LogP contribution in [0.3, 0.4) is 0 Å². The highest BCUT2D eigenvalue weighted by Crippen LogP contribution is 2.29. The maximum atomic E-state index is 12.7. The van der Waals surface area contributed by atoms with Gasteiger partial charge in [-0.1, -0.05) is 63.2 Å². The number of para-hydroxylation sites is 1. The molecule has 27 heavy (non-hydrogen) atoms. The molecule has 3 heteroatoms. The monoisotopic (exact) mass is 354 g/mol. The number of fused-ring (bicyclic) bond motifs is 1. The minimum Gasteiger partial charge on any atom is -0.294 e. The topological polar surface area (TPSA) is 34.9 Å². The van der Waals surface area contributed by atoms with E-state index in [1.165, 1.54) is 5.56 Å². The maximum absolute atomic E-state index is 12.7. The van der Waals surface area contributed by atoms with Gasteiger partial charge in [0.2, 0.25) is 0 Å². The van der Waals surface area contributed by atoms with E-state index in [1.54, 1.807) is 18.3 Å². The van der Waals surface area contributed by atoms with E-state index < -0.39 is 0 Å². The molecule has 0 aliphatic carbocycles. The summed E-state index contributed by atoms with van der Waals surface area (Å²) in [5.74, 6) is 0. The Balaban J connectivity index is 2.02. The highest BCUT2D eigenvalue weighted by molar-refractivity contribution is 5.81. The van der Waals surface area contributed by atoms with Crippen LogP contribution in [0.2, 0.25) is 0 Å². The normalized spacial score (nSPS) is 11.7. The minimum atomic E-state index is -0.0137. The van der Waals surface area contributed by atoms with Crippen molar-refractivity contribution in [1.29, 1.82) is 0 Å². The summed E-state index contributed by atoms with van der Waals surface area (Å²) >= 11 is 0. The van der Waals surface area contributed by atoms with Crippen molar-refractivity contribution >= 4 is 11.0 Å². The first-order chi connectivity index (χ1) is 12.9. The Morgan fingerprint density at radius 2 is 1.56 bits per heavy atom. The molecular formula is C24H22N2O. The molecular weight excluding hydrogens is 332 g/mol. The molecule has 0 aliphatic rings. The second kappa shape index (κ2) is 6.51. The first-order valence-corrected chi connectivity index (χ1v) is 9.12. The summed E-state index contributed by atoms with van der Waals surface area (Å²) < 4.78 is 2.06. The van der Waals surface area contributed by atoms with Crippen molar-refractivity contribution in [3.63, 3.8) is 0 Å². The molecule has 0 fully saturated rings. The molecule has 134 valence electrons. The Morgan fingerprint density at radius 3 is 2.22 bits per heavy atom. The lowest BCUT2D eigenvalue weighted by Gasteiger charge is -2.20. The first-order valence-electron chi connectivity index (χ1n) is 9.12. The van der Waals surface area contributed by atoms with Crippen LogP contribution < -0.4 is 5.43 Å². The van der Waals surface area contributed by atoms with Gasteiger partial charge in [-0.05, 0) is 40.8 Å². The van der Waals surface area contributed by atoms with Crippen LogP contribution in [0.4, 0.5) is 0 Å². The molecule has 3 nitrogen and oxygen atoms in total. The Bertz CT molecular complexity index is 1150. The SMILES string of the molecule is CC(C)(C)c1ccc(-c2cc(=O)c3cccnc3n2-c2ccccc2)cc1. The fourth-order valence-electron chi connectivity index (χ4n) is 3.34. The van der Waals surface area contributed by atoms with Crippen molar-refractivity contribution in [3.8, 4) is 16.9 Å². The Morgan fingerprint density at radius 1 is 0.852 bits per heavy atom.